The summed E-state index contributed by atoms with van der Waals surface area (Å²) in [6.45, 7) is 7.83. The van der Waals surface area contributed by atoms with Gasteiger partial charge in [0.1, 0.15) is 6.54 Å². The molecular formula is C14H28N4O2S. The van der Waals surface area contributed by atoms with Crippen molar-refractivity contribution in [2.24, 2.45) is 4.99 Å². The summed E-state index contributed by atoms with van der Waals surface area (Å²) in [4.78, 5) is 20.0. The van der Waals surface area contributed by atoms with Crippen molar-refractivity contribution in [3.05, 3.63) is 0 Å². The number of carbonyl (C=O) groups excluding carboxylic acids is 1. The SMILES string of the molecule is COCCNC(=NCC(=O)N(C)C)N1CCSC(C)(C)C1. The molecule has 21 heavy (non-hydrogen) atoms. The second-order valence-electron chi connectivity index (χ2n) is 5.88. The maximum absolute atomic E-state index is 11.7. The third kappa shape index (κ3) is 6.56. The van der Waals surface area contributed by atoms with Crippen molar-refractivity contribution in [2.45, 2.75) is 18.6 Å². The fraction of sp³-hybridized carbons (Fsp3) is 0.857. The Balaban J connectivity index is 2.71. The Labute approximate surface area is 132 Å². The van der Waals surface area contributed by atoms with E-state index in [-0.39, 0.29) is 17.2 Å². The number of ether oxygens (including phenoxy) is 1. The van der Waals surface area contributed by atoms with E-state index in [2.05, 4.69) is 29.1 Å². The van der Waals surface area contributed by atoms with Crippen molar-refractivity contribution in [3.63, 3.8) is 0 Å². The van der Waals surface area contributed by atoms with Crippen molar-refractivity contribution in [2.75, 3.05) is 59.7 Å². The Kier molecular flexibility index (Phi) is 7.31. The van der Waals surface area contributed by atoms with Gasteiger partial charge in [-0.25, -0.2) is 4.99 Å². The molecule has 0 aromatic rings. The fourth-order valence-corrected chi connectivity index (χ4v) is 3.13. The highest BCUT2D eigenvalue weighted by atomic mass is 32.2. The van der Waals surface area contributed by atoms with Gasteiger partial charge in [0.25, 0.3) is 0 Å². The van der Waals surface area contributed by atoms with Gasteiger partial charge >= 0.3 is 0 Å². The first kappa shape index (κ1) is 18.1. The number of aliphatic imine (C=N–C) groups is 1. The summed E-state index contributed by atoms with van der Waals surface area (Å²) in [6.07, 6.45) is 0. The van der Waals surface area contributed by atoms with E-state index < -0.39 is 0 Å². The van der Waals surface area contributed by atoms with Gasteiger partial charge in [0.05, 0.1) is 6.61 Å². The number of rotatable bonds is 5. The summed E-state index contributed by atoms with van der Waals surface area (Å²) in [6, 6.07) is 0. The molecule has 1 amide bonds. The molecule has 0 bridgehead atoms. The Bertz CT molecular complexity index is 372. The molecule has 1 saturated heterocycles. The number of nitrogens with zero attached hydrogens (tertiary/aromatic N) is 3. The lowest BCUT2D eigenvalue weighted by atomic mass is 10.2. The van der Waals surface area contributed by atoms with E-state index in [0.29, 0.717) is 13.2 Å². The Hall–Kier alpha value is -0.950. The van der Waals surface area contributed by atoms with Gasteiger partial charge in [0.15, 0.2) is 5.96 Å². The number of hydrogen-bond acceptors (Lipinski definition) is 4. The highest BCUT2D eigenvalue weighted by molar-refractivity contribution is 8.00. The number of nitrogens with one attached hydrogen (secondary N) is 1. The maximum Gasteiger partial charge on any atom is 0.243 e. The number of amides is 1. The van der Waals surface area contributed by atoms with E-state index in [1.807, 2.05) is 11.8 Å². The average Bonchev–Trinajstić information content (AvgIpc) is 2.41. The van der Waals surface area contributed by atoms with E-state index in [4.69, 9.17) is 4.74 Å². The molecule has 1 N–H and O–H groups in total. The lowest BCUT2D eigenvalue weighted by Crippen LogP contribution is -2.51. The van der Waals surface area contributed by atoms with Crippen LogP contribution in [0.1, 0.15) is 13.8 Å². The van der Waals surface area contributed by atoms with Crippen molar-refractivity contribution in [1.82, 2.24) is 15.1 Å². The molecule has 122 valence electrons. The number of hydrogen-bond donors (Lipinski definition) is 1. The molecule has 1 fully saturated rings. The van der Waals surface area contributed by atoms with Crippen LogP contribution in [0.5, 0.6) is 0 Å². The highest BCUT2D eigenvalue weighted by Gasteiger charge is 2.28. The first-order valence-corrected chi connectivity index (χ1v) is 8.20. The molecule has 0 radical (unpaired) electrons. The summed E-state index contributed by atoms with van der Waals surface area (Å²) in [7, 11) is 5.17. The third-order valence-corrected chi connectivity index (χ3v) is 4.47. The predicted molar refractivity (Wildman–Crippen MR) is 89.0 cm³/mol. The van der Waals surface area contributed by atoms with Crippen molar-refractivity contribution in [3.8, 4) is 0 Å². The number of guanidine groups is 1. The van der Waals surface area contributed by atoms with Gasteiger partial charge in [-0.15, -0.1) is 0 Å². The van der Waals surface area contributed by atoms with Gasteiger partial charge in [-0.1, -0.05) is 0 Å². The van der Waals surface area contributed by atoms with Gasteiger partial charge in [-0.3, -0.25) is 4.79 Å². The van der Waals surface area contributed by atoms with Crippen LogP contribution in [0.25, 0.3) is 0 Å². The summed E-state index contributed by atoms with van der Waals surface area (Å²) in [5.41, 5.74) is 0. The van der Waals surface area contributed by atoms with Crippen molar-refractivity contribution < 1.29 is 9.53 Å². The molecule has 0 aromatic heterocycles. The summed E-state index contributed by atoms with van der Waals surface area (Å²) < 4.78 is 5.27. The van der Waals surface area contributed by atoms with Crippen molar-refractivity contribution >= 4 is 23.6 Å². The largest absolute Gasteiger partial charge is 0.383 e. The molecule has 1 rings (SSSR count). The van der Waals surface area contributed by atoms with Crippen LogP contribution in [-0.4, -0.2) is 86.2 Å². The summed E-state index contributed by atoms with van der Waals surface area (Å²) >= 11 is 1.97. The van der Waals surface area contributed by atoms with Gasteiger partial charge < -0.3 is 19.9 Å². The van der Waals surface area contributed by atoms with E-state index in [0.717, 1.165) is 24.8 Å². The molecule has 0 saturated carbocycles. The molecule has 6 nitrogen and oxygen atoms in total. The zero-order valence-corrected chi connectivity index (χ0v) is 14.6. The van der Waals surface area contributed by atoms with Gasteiger partial charge in [-0.05, 0) is 13.8 Å². The van der Waals surface area contributed by atoms with E-state index in [1.165, 1.54) is 0 Å². The zero-order chi connectivity index (χ0) is 15.9. The van der Waals surface area contributed by atoms with Crippen LogP contribution in [0.4, 0.5) is 0 Å². The summed E-state index contributed by atoms with van der Waals surface area (Å²) in [5.74, 6) is 1.88. The molecule has 1 aliphatic heterocycles. The van der Waals surface area contributed by atoms with Gasteiger partial charge in [0.2, 0.25) is 5.91 Å². The smallest absolute Gasteiger partial charge is 0.243 e. The molecule has 1 aliphatic rings. The minimum absolute atomic E-state index is 0.00619. The van der Waals surface area contributed by atoms with Crippen LogP contribution in [0.15, 0.2) is 4.99 Å². The molecular weight excluding hydrogens is 288 g/mol. The molecule has 0 aromatic carbocycles. The van der Waals surface area contributed by atoms with Gasteiger partial charge in [-0.2, -0.15) is 11.8 Å². The second kappa shape index (κ2) is 8.48. The topological polar surface area (TPSA) is 57.2 Å². The van der Waals surface area contributed by atoms with E-state index in [9.17, 15) is 4.79 Å². The standard InChI is InChI=1S/C14H28N4O2S/c1-14(2)11-18(7-9-21-14)13(15-6-8-20-5)16-10-12(19)17(3)4/h6-11H2,1-5H3,(H,15,16). The normalized spacial score (nSPS) is 18.5. The first-order valence-electron chi connectivity index (χ1n) is 7.22. The summed E-state index contributed by atoms with van der Waals surface area (Å²) in [5, 5.41) is 3.29. The minimum Gasteiger partial charge on any atom is -0.383 e. The van der Waals surface area contributed by atoms with Crippen LogP contribution < -0.4 is 5.32 Å². The minimum atomic E-state index is 0.00619. The Morgan fingerprint density at radius 2 is 2.19 bits per heavy atom. The Morgan fingerprint density at radius 3 is 2.76 bits per heavy atom. The molecule has 1 heterocycles. The van der Waals surface area contributed by atoms with Crippen molar-refractivity contribution in [1.29, 1.82) is 0 Å². The number of thioether (sulfide) groups is 1. The number of methoxy groups -OCH3 is 1. The van der Waals surface area contributed by atoms with Crippen LogP contribution in [-0.2, 0) is 9.53 Å². The zero-order valence-electron chi connectivity index (χ0n) is 13.8. The lowest BCUT2D eigenvalue weighted by Gasteiger charge is -2.39. The predicted octanol–water partition coefficient (Wildman–Crippen LogP) is 0.494. The van der Waals surface area contributed by atoms with Gasteiger partial charge in [0, 0.05) is 51.3 Å². The van der Waals surface area contributed by atoms with E-state index in [1.54, 1.807) is 26.1 Å². The van der Waals surface area contributed by atoms with Crippen LogP contribution in [0.3, 0.4) is 0 Å². The first-order chi connectivity index (χ1) is 9.85. The van der Waals surface area contributed by atoms with Crippen LogP contribution in [0.2, 0.25) is 0 Å². The molecule has 0 spiro atoms. The monoisotopic (exact) mass is 316 g/mol. The Morgan fingerprint density at radius 1 is 1.48 bits per heavy atom. The number of likely N-dealkylation sites (N-methyl/N-ethyl adjacent to an activating group) is 1. The molecule has 0 atom stereocenters. The van der Waals surface area contributed by atoms with E-state index >= 15 is 0 Å². The lowest BCUT2D eigenvalue weighted by molar-refractivity contribution is -0.127. The number of carbonyl (C=O) groups is 1. The fourth-order valence-electron chi connectivity index (χ4n) is 2.01. The maximum atomic E-state index is 11.7. The molecule has 0 unspecified atom stereocenters. The highest BCUT2D eigenvalue weighted by Crippen LogP contribution is 2.29. The molecule has 7 heteroatoms. The quantitative estimate of drug-likeness (QED) is 0.455. The second-order valence-corrected chi connectivity index (χ2v) is 7.68. The third-order valence-electron chi connectivity index (χ3n) is 3.18. The molecule has 0 aliphatic carbocycles. The van der Waals surface area contributed by atoms with Crippen LogP contribution in [0, 0.1) is 0 Å². The average molecular weight is 316 g/mol. The van der Waals surface area contributed by atoms with Crippen LogP contribution >= 0.6 is 11.8 Å².